The number of carbonyl (C=O) groups excluding carboxylic acids is 1. The first-order chi connectivity index (χ1) is 12.2. The second-order valence-corrected chi connectivity index (χ2v) is 7.56. The van der Waals surface area contributed by atoms with E-state index in [1.54, 1.807) is 43.3 Å². The standard InChI is InChI=1S/C18H17ClN2O4S/c1-13(21(23)14(2)22)3-4-15-5-11-18(12-6-15)26(24,25)20-17-9-7-16(19)8-10-17/h5-13,20,23H,1-2H3. The van der Waals surface area contributed by atoms with E-state index in [1.807, 2.05) is 0 Å². The van der Waals surface area contributed by atoms with Crippen LogP contribution in [0.4, 0.5) is 5.69 Å². The molecule has 8 heteroatoms. The molecule has 6 nitrogen and oxygen atoms in total. The van der Waals surface area contributed by atoms with E-state index in [9.17, 15) is 18.4 Å². The van der Waals surface area contributed by atoms with Gasteiger partial charge in [-0.3, -0.25) is 14.7 Å². The van der Waals surface area contributed by atoms with Crippen LogP contribution >= 0.6 is 11.6 Å². The number of rotatable bonds is 4. The Kier molecular flexibility index (Phi) is 6.27. The van der Waals surface area contributed by atoms with Gasteiger partial charge in [0, 0.05) is 23.2 Å². The van der Waals surface area contributed by atoms with E-state index in [-0.39, 0.29) is 4.90 Å². The fourth-order valence-electron chi connectivity index (χ4n) is 1.97. The van der Waals surface area contributed by atoms with Crippen LogP contribution in [-0.4, -0.2) is 30.6 Å². The highest BCUT2D eigenvalue weighted by Gasteiger charge is 2.14. The normalized spacial score (nSPS) is 11.8. The first-order valence-electron chi connectivity index (χ1n) is 7.58. The molecule has 0 aromatic heterocycles. The summed E-state index contributed by atoms with van der Waals surface area (Å²) < 4.78 is 27.2. The van der Waals surface area contributed by atoms with E-state index >= 15 is 0 Å². The third kappa shape index (κ3) is 5.23. The molecule has 2 aromatic carbocycles. The molecule has 2 N–H and O–H groups in total. The number of halogens is 1. The van der Waals surface area contributed by atoms with Gasteiger partial charge in [-0.25, -0.2) is 13.5 Å². The molecule has 0 saturated carbocycles. The highest BCUT2D eigenvalue weighted by Crippen LogP contribution is 2.18. The average molecular weight is 393 g/mol. The summed E-state index contributed by atoms with van der Waals surface area (Å²) in [5, 5.41) is 10.5. The van der Waals surface area contributed by atoms with Crippen molar-refractivity contribution in [2.75, 3.05) is 4.72 Å². The number of hydrogen-bond donors (Lipinski definition) is 2. The zero-order valence-electron chi connectivity index (χ0n) is 14.1. The number of hydroxylamine groups is 2. The molecule has 0 aliphatic heterocycles. The van der Waals surface area contributed by atoms with Gasteiger partial charge in [-0.15, -0.1) is 0 Å². The van der Waals surface area contributed by atoms with Crippen molar-refractivity contribution in [3.63, 3.8) is 0 Å². The molecule has 0 aliphatic carbocycles. The van der Waals surface area contributed by atoms with Gasteiger partial charge in [0.05, 0.1) is 4.90 Å². The van der Waals surface area contributed by atoms with Gasteiger partial charge in [-0.2, -0.15) is 0 Å². The number of anilines is 1. The molecule has 0 fully saturated rings. The summed E-state index contributed by atoms with van der Waals surface area (Å²) in [6.45, 7) is 2.80. The summed E-state index contributed by atoms with van der Waals surface area (Å²) in [6, 6.07) is 11.6. The van der Waals surface area contributed by atoms with Crippen molar-refractivity contribution in [2.24, 2.45) is 0 Å². The van der Waals surface area contributed by atoms with Crippen molar-refractivity contribution < 1.29 is 18.4 Å². The molecule has 1 amide bonds. The van der Waals surface area contributed by atoms with Gasteiger partial charge in [0.2, 0.25) is 5.91 Å². The van der Waals surface area contributed by atoms with E-state index in [1.165, 1.54) is 19.1 Å². The quantitative estimate of drug-likeness (QED) is 0.475. The summed E-state index contributed by atoms with van der Waals surface area (Å²) in [6.07, 6.45) is 0. The van der Waals surface area contributed by atoms with Gasteiger partial charge in [-0.05, 0) is 55.5 Å². The van der Waals surface area contributed by atoms with Crippen LogP contribution in [0.5, 0.6) is 0 Å². The van der Waals surface area contributed by atoms with Gasteiger partial charge in [-0.1, -0.05) is 23.4 Å². The second kappa shape index (κ2) is 8.23. The predicted molar refractivity (Wildman–Crippen MR) is 99.3 cm³/mol. The molecule has 0 radical (unpaired) electrons. The number of nitrogens with one attached hydrogen (secondary N) is 1. The molecule has 2 rings (SSSR count). The van der Waals surface area contributed by atoms with Gasteiger partial charge < -0.3 is 0 Å². The van der Waals surface area contributed by atoms with Gasteiger partial charge in [0.15, 0.2) is 0 Å². The van der Waals surface area contributed by atoms with Crippen LogP contribution in [0.3, 0.4) is 0 Å². The lowest BCUT2D eigenvalue weighted by atomic mass is 10.2. The Morgan fingerprint density at radius 1 is 1.15 bits per heavy atom. The Hall–Kier alpha value is -2.53. The molecule has 0 spiro atoms. The largest absolute Gasteiger partial charge is 0.285 e. The average Bonchev–Trinajstić information content (AvgIpc) is 2.61. The molecule has 0 heterocycles. The molecular formula is C18H17ClN2O4S. The van der Waals surface area contributed by atoms with Crippen LogP contribution in [0.2, 0.25) is 5.02 Å². The maximum absolute atomic E-state index is 12.4. The topological polar surface area (TPSA) is 86.7 Å². The highest BCUT2D eigenvalue weighted by molar-refractivity contribution is 7.92. The van der Waals surface area contributed by atoms with Crippen molar-refractivity contribution in [2.45, 2.75) is 24.8 Å². The van der Waals surface area contributed by atoms with Gasteiger partial charge >= 0.3 is 0 Å². The van der Waals surface area contributed by atoms with Crippen LogP contribution in [0.25, 0.3) is 0 Å². The van der Waals surface area contributed by atoms with Crippen LogP contribution in [0.1, 0.15) is 19.4 Å². The molecule has 2 aromatic rings. The molecule has 0 bridgehead atoms. The first kappa shape index (κ1) is 19.8. The maximum Gasteiger partial charge on any atom is 0.261 e. The summed E-state index contributed by atoms with van der Waals surface area (Å²) in [7, 11) is -3.73. The van der Waals surface area contributed by atoms with Gasteiger partial charge in [0.25, 0.3) is 10.0 Å². The Morgan fingerprint density at radius 2 is 1.73 bits per heavy atom. The molecule has 0 saturated heterocycles. The SMILES string of the molecule is CC(=O)N(O)C(C)C#Cc1ccc(S(=O)(=O)Nc2ccc(Cl)cc2)cc1. The van der Waals surface area contributed by atoms with Crippen molar-refractivity contribution in [3.8, 4) is 11.8 Å². The van der Waals surface area contributed by atoms with Crippen molar-refractivity contribution in [3.05, 3.63) is 59.1 Å². The Bertz CT molecular complexity index is 945. The number of amides is 1. The Labute approximate surface area is 157 Å². The van der Waals surface area contributed by atoms with E-state index in [4.69, 9.17) is 11.6 Å². The monoisotopic (exact) mass is 392 g/mol. The Morgan fingerprint density at radius 3 is 2.27 bits per heavy atom. The minimum Gasteiger partial charge on any atom is -0.285 e. The molecule has 26 heavy (non-hydrogen) atoms. The summed E-state index contributed by atoms with van der Waals surface area (Å²) in [5.41, 5.74) is 0.957. The number of nitrogens with zero attached hydrogens (tertiary/aromatic N) is 1. The number of hydrogen-bond acceptors (Lipinski definition) is 4. The van der Waals surface area contributed by atoms with Crippen molar-refractivity contribution in [1.29, 1.82) is 0 Å². The van der Waals surface area contributed by atoms with E-state index in [2.05, 4.69) is 16.6 Å². The minimum atomic E-state index is -3.73. The smallest absolute Gasteiger partial charge is 0.261 e. The first-order valence-corrected chi connectivity index (χ1v) is 9.44. The zero-order valence-corrected chi connectivity index (χ0v) is 15.7. The zero-order chi connectivity index (χ0) is 19.3. The number of sulfonamides is 1. The third-order valence-electron chi connectivity index (χ3n) is 3.38. The van der Waals surface area contributed by atoms with E-state index in [0.29, 0.717) is 21.3 Å². The lowest BCUT2D eigenvalue weighted by Gasteiger charge is -2.15. The van der Waals surface area contributed by atoms with Crippen LogP contribution in [0, 0.1) is 11.8 Å². The van der Waals surface area contributed by atoms with E-state index in [0.717, 1.165) is 0 Å². The molecule has 1 unspecified atom stereocenters. The predicted octanol–water partition coefficient (Wildman–Crippen LogP) is 3.12. The summed E-state index contributed by atoms with van der Waals surface area (Å²) in [5.74, 6) is 4.98. The number of carbonyl (C=O) groups is 1. The highest BCUT2D eigenvalue weighted by atomic mass is 35.5. The maximum atomic E-state index is 12.4. The molecule has 1 atom stereocenters. The fourth-order valence-corrected chi connectivity index (χ4v) is 3.16. The minimum absolute atomic E-state index is 0.0820. The van der Waals surface area contributed by atoms with Gasteiger partial charge in [0.1, 0.15) is 6.04 Å². The van der Waals surface area contributed by atoms with Crippen molar-refractivity contribution >= 4 is 33.2 Å². The lowest BCUT2D eigenvalue weighted by Crippen LogP contribution is -2.32. The van der Waals surface area contributed by atoms with E-state index < -0.39 is 22.0 Å². The Balaban J connectivity index is 2.13. The molecule has 136 valence electrons. The van der Waals surface area contributed by atoms with Crippen LogP contribution < -0.4 is 4.72 Å². The molecular weight excluding hydrogens is 376 g/mol. The lowest BCUT2D eigenvalue weighted by molar-refractivity contribution is -0.166. The fraction of sp³-hybridized carbons (Fsp3) is 0.167. The number of benzene rings is 2. The molecule has 0 aliphatic rings. The summed E-state index contributed by atoms with van der Waals surface area (Å²) in [4.78, 5) is 11.1. The van der Waals surface area contributed by atoms with Crippen LogP contribution in [0.15, 0.2) is 53.4 Å². The third-order valence-corrected chi connectivity index (χ3v) is 5.03. The second-order valence-electron chi connectivity index (χ2n) is 5.45. The summed E-state index contributed by atoms with van der Waals surface area (Å²) >= 11 is 5.78. The van der Waals surface area contributed by atoms with Crippen molar-refractivity contribution in [1.82, 2.24) is 5.06 Å². The van der Waals surface area contributed by atoms with Crippen LogP contribution in [-0.2, 0) is 14.8 Å².